The van der Waals surface area contributed by atoms with Crippen LogP contribution in [-0.2, 0) is 19.1 Å². The minimum Gasteiger partial charge on any atom is -0.465 e. The third kappa shape index (κ3) is 5.99. The van der Waals surface area contributed by atoms with Crippen molar-refractivity contribution in [3.8, 4) is 0 Å². The normalized spacial score (nSPS) is 18.0. The molecule has 0 aliphatic heterocycles. The summed E-state index contributed by atoms with van der Waals surface area (Å²) < 4.78 is 10.1. The Morgan fingerprint density at radius 2 is 1.47 bits per heavy atom. The number of benzene rings is 1. The molecule has 1 N–H and O–H groups in total. The van der Waals surface area contributed by atoms with Crippen molar-refractivity contribution in [3.05, 3.63) is 44.0 Å². The highest BCUT2D eigenvalue weighted by Gasteiger charge is 2.43. The Labute approximate surface area is 183 Å². The average molecular weight is 451 g/mol. The van der Waals surface area contributed by atoms with E-state index in [-0.39, 0.29) is 18.8 Å². The van der Waals surface area contributed by atoms with Crippen LogP contribution < -0.4 is 5.32 Å². The summed E-state index contributed by atoms with van der Waals surface area (Å²) in [6.07, 6.45) is 2.33. The molecule has 0 spiro atoms. The number of esters is 2. The van der Waals surface area contributed by atoms with Crippen molar-refractivity contribution >= 4 is 29.2 Å². The molecule has 12 heteroatoms. The molecular weight excluding hydrogens is 426 g/mol. The van der Waals surface area contributed by atoms with Crippen LogP contribution in [0.2, 0.25) is 0 Å². The molecule has 1 saturated carbocycles. The van der Waals surface area contributed by atoms with Crippen LogP contribution in [0.25, 0.3) is 0 Å². The summed E-state index contributed by atoms with van der Waals surface area (Å²) in [7, 11) is 0. The van der Waals surface area contributed by atoms with Gasteiger partial charge in [-0.05, 0) is 26.7 Å². The highest BCUT2D eigenvalue weighted by Crippen LogP contribution is 2.33. The molecule has 1 fully saturated rings. The number of hydrogen-bond donors (Lipinski definition) is 1. The van der Waals surface area contributed by atoms with Crippen LogP contribution in [0.1, 0.15) is 49.9 Å². The zero-order valence-electron chi connectivity index (χ0n) is 17.8. The Kier molecular flexibility index (Phi) is 8.62. The van der Waals surface area contributed by atoms with Gasteiger partial charge < -0.3 is 14.8 Å². The Hall–Kier alpha value is -3.57. The molecule has 0 radical (unpaired) electrons. The lowest BCUT2D eigenvalue weighted by molar-refractivity contribution is -0.394. The van der Waals surface area contributed by atoms with E-state index >= 15 is 0 Å². The van der Waals surface area contributed by atoms with Crippen LogP contribution in [0.4, 0.5) is 11.4 Å². The molecule has 32 heavy (non-hydrogen) atoms. The number of nitrogens with zero attached hydrogens (tertiary/aromatic N) is 2. The standard InChI is InChI=1S/C20H25N3O9/c1-3-31-19(25)17(20(26)32-4-2)15-7-5-6-8-16(15)21-18(24)12-9-13(22(27)28)11-14(10-12)23(29)30/h9-11,15-17H,3-8H2,1-2H3,(H,21,24)/t15-,16-/m1/s1. The van der Waals surface area contributed by atoms with E-state index in [0.29, 0.717) is 19.3 Å². The van der Waals surface area contributed by atoms with Crippen LogP contribution in [0.15, 0.2) is 18.2 Å². The summed E-state index contributed by atoms with van der Waals surface area (Å²) in [6, 6.07) is 2.01. The predicted molar refractivity (Wildman–Crippen MR) is 110 cm³/mol. The second-order valence-electron chi connectivity index (χ2n) is 7.26. The lowest BCUT2D eigenvalue weighted by Gasteiger charge is -2.35. The summed E-state index contributed by atoms with van der Waals surface area (Å²) in [5.74, 6) is -4.12. The van der Waals surface area contributed by atoms with Gasteiger partial charge in [0, 0.05) is 24.1 Å². The molecule has 0 aromatic heterocycles. The topological polar surface area (TPSA) is 168 Å². The molecule has 0 unspecified atom stereocenters. The lowest BCUT2D eigenvalue weighted by atomic mass is 9.76. The largest absolute Gasteiger partial charge is 0.465 e. The fraction of sp³-hybridized carbons (Fsp3) is 0.550. The zero-order chi connectivity index (χ0) is 23.8. The number of nitro groups is 2. The Bertz CT molecular complexity index is 852. The number of carbonyl (C=O) groups is 3. The molecule has 0 saturated heterocycles. The molecule has 0 heterocycles. The van der Waals surface area contributed by atoms with Crippen LogP contribution in [0, 0.1) is 32.1 Å². The van der Waals surface area contributed by atoms with Gasteiger partial charge in [0.2, 0.25) is 0 Å². The van der Waals surface area contributed by atoms with E-state index < -0.39 is 56.9 Å². The molecule has 1 aliphatic carbocycles. The second kappa shape index (κ2) is 11.2. The Morgan fingerprint density at radius 1 is 0.969 bits per heavy atom. The smallest absolute Gasteiger partial charge is 0.320 e. The van der Waals surface area contributed by atoms with Gasteiger partial charge in [0.1, 0.15) is 0 Å². The first-order valence-electron chi connectivity index (χ1n) is 10.3. The summed E-state index contributed by atoms with van der Waals surface area (Å²) in [5, 5.41) is 24.9. The molecule has 1 aliphatic rings. The monoisotopic (exact) mass is 451 g/mol. The van der Waals surface area contributed by atoms with Gasteiger partial charge in [-0.25, -0.2) is 0 Å². The highest BCUT2D eigenvalue weighted by atomic mass is 16.6. The van der Waals surface area contributed by atoms with E-state index in [1.165, 1.54) is 0 Å². The van der Waals surface area contributed by atoms with Crippen molar-refractivity contribution in [1.82, 2.24) is 5.32 Å². The maximum atomic E-state index is 12.8. The van der Waals surface area contributed by atoms with Crippen molar-refractivity contribution < 1.29 is 33.7 Å². The Morgan fingerprint density at radius 3 is 1.94 bits per heavy atom. The van der Waals surface area contributed by atoms with Crippen LogP contribution in [0.5, 0.6) is 0 Å². The van der Waals surface area contributed by atoms with Gasteiger partial charge in [0.25, 0.3) is 17.3 Å². The van der Waals surface area contributed by atoms with Gasteiger partial charge in [0.15, 0.2) is 5.92 Å². The van der Waals surface area contributed by atoms with Gasteiger partial charge in [-0.1, -0.05) is 12.8 Å². The van der Waals surface area contributed by atoms with Crippen molar-refractivity contribution in [2.45, 2.75) is 45.6 Å². The molecule has 174 valence electrons. The van der Waals surface area contributed by atoms with Crippen molar-refractivity contribution in [2.24, 2.45) is 11.8 Å². The molecular formula is C20H25N3O9. The van der Waals surface area contributed by atoms with Crippen LogP contribution >= 0.6 is 0 Å². The summed E-state index contributed by atoms with van der Waals surface area (Å²) in [4.78, 5) is 58.4. The van der Waals surface area contributed by atoms with Gasteiger partial charge in [-0.2, -0.15) is 0 Å². The Balaban J connectivity index is 2.33. The quantitative estimate of drug-likeness (QED) is 0.257. The number of amides is 1. The lowest BCUT2D eigenvalue weighted by Crippen LogP contribution is -2.49. The predicted octanol–water partition coefficient (Wildman–Crippen LogP) is 2.53. The van der Waals surface area contributed by atoms with Crippen molar-refractivity contribution in [3.63, 3.8) is 0 Å². The van der Waals surface area contributed by atoms with Crippen molar-refractivity contribution in [1.29, 1.82) is 0 Å². The van der Waals surface area contributed by atoms with E-state index in [1.807, 2.05) is 0 Å². The van der Waals surface area contributed by atoms with E-state index in [4.69, 9.17) is 9.47 Å². The first kappa shape index (κ1) is 24.7. The number of non-ortho nitro benzene ring substituents is 2. The number of ether oxygens (including phenoxy) is 2. The fourth-order valence-electron chi connectivity index (χ4n) is 3.84. The van der Waals surface area contributed by atoms with E-state index in [2.05, 4.69) is 5.32 Å². The van der Waals surface area contributed by atoms with Crippen LogP contribution in [0.3, 0.4) is 0 Å². The summed E-state index contributed by atoms with van der Waals surface area (Å²) in [5.41, 5.74) is -1.46. The molecule has 2 rings (SSSR count). The minimum absolute atomic E-state index is 0.0653. The van der Waals surface area contributed by atoms with E-state index in [1.54, 1.807) is 13.8 Å². The summed E-state index contributed by atoms with van der Waals surface area (Å²) >= 11 is 0. The number of hydrogen-bond acceptors (Lipinski definition) is 9. The first-order chi connectivity index (χ1) is 15.2. The molecule has 0 bridgehead atoms. The molecule has 2 atom stereocenters. The molecule has 1 amide bonds. The maximum Gasteiger partial charge on any atom is 0.320 e. The third-order valence-electron chi connectivity index (χ3n) is 5.23. The minimum atomic E-state index is -1.24. The average Bonchev–Trinajstić information content (AvgIpc) is 2.75. The fourth-order valence-corrected chi connectivity index (χ4v) is 3.84. The summed E-state index contributed by atoms with van der Waals surface area (Å²) in [6.45, 7) is 3.34. The SMILES string of the molecule is CCOC(=O)C(C(=O)OCC)[C@@H]1CCCC[C@H]1NC(=O)c1cc([N+](=O)[O-])cc([N+](=O)[O-])c1. The zero-order valence-corrected chi connectivity index (χ0v) is 17.8. The van der Waals surface area contributed by atoms with Gasteiger partial charge >= 0.3 is 11.9 Å². The van der Waals surface area contributed by atoms with Gasteiger partial charge in [-0.3, -0.25) is 34.6 Å². The second-order valence-corrected chi connectivity index (χ2v) is 7.26. The molecule has 1 aromatic carbocycles. The highest BCUT2D eigenvalue weighted by molar-refractivity contribution is 5.97. The number of carbonyl (C=O) groups excluding carboxylic acids is 3. The van der Waals surface area contributed by atoms with Crippen LogP contribution in [-0.4, -0.2) is 46.9 Å². The molecule has 1 aromatic rings. The van der Waals surface area contributed by atoms with Gasteiger partial charge in [0.05, 0.1) is 34.7 Å². The number of nitrogens with one attached hydrogen (secondary N) is 1. The third-order valence-corrected chi connectivity index (χ3v) is 5.23. The van der Waals surface area contributed by atoms with E-state index in [9.17, 15) is 34.6 Å². The first-order valence-corrected chi connectivity index (χ1v) is 10.3. The van der Waals surface area contributed by atoms with Gasteiger partial charge in [-0.15, -0.1) is 0 Å². The maximum absolute atomic E-state index is 12.8. The van der Waals surface area contributed by atoms with E-state index in [0.717, 1.165) is 24.6 Å². The number of nitro benzene ring substituents is 2. The number of rotatable bonds is 9. The van der Waals surface area contributed by atoms with Crippen molar-refractivity contribution in [2.75, 3.05) is 13.2 Å². The molecule has 12 nitrogen and oxygen atoms in total.